The molecular formula is C16H16ClN3O4S. The minimum atomic E-state index is -0.739. The monoisotopic (exact) mass is 381 g/mol. The van der Waals surface area contributed by atoms with E-state index in [4.69, 9.17) is 11.6 Å². The van der Waals surface area contributed by atoms with Crippen LogP contribution in [0.2, 0.25) is 5.02 Å². The first-order valence-corrected chi connectivity index (χ1v) is 8.57. The highest BCUT2D eigenvalue weighted by atomic mass is 35.5. The second-order valence-electron chi connectivity index (χ2n) is 5.40. The molecule has 9 heteroatoms. The standard InChI is InChI=1S/C16H16ClN3O4S/c1-10(18-15(21)14-4-3-7-25-14)16(22)19(2)9-11-8-12(20(23)24)5-6-13(11)17/h3-8,10H,9H2,1-2H3,(H,18,21). The van der Waals surface area contributed by atoms with Gasteiger partial charge in [0, 0.05) is 30.7 Å². The normalized spacial score (nSPS) is 11.6. The van der Waals surface area contributed by atoms with Crippen molar-refractivity contribution >= 4 is 40.4 Å². The van der Waals surface area contributed by atoms with E-state index in [-0.39, 0.29) is 24.0 Å². The maximum absolute atomic E-state index is 12.4. The number of non-ortho nitro benzene ring substituents is 1. The fourth-order valence-corrected chi connectivity index (χ4v) is 3.00. The van der Waals surface area contributed by atoms with Crippen molar-refractivity contribution in [2.45, 2.75) is 19.5 Å². The van der Waals surface area contributed by atoms with Gasteiger partial charge in [-0.15, -0.1) is 11.3 Å². The number of carbonyl (C=O) groups excluding carboxylic acids is 2. The van der Waals surface area contributed by atoms with Gasteiger partial charge in [0.15, 0.2) is 0 Å². The minimum Gasteiger partial charge on any atom is -0.340 e. The first-order valence-electron chi connectivity index (χ1n) is 7.31. The Hall–Kier alpha value is -2.45. The van der Waals surface area contributed by atoms with Crippen LogP contribution in [0.5, 0.6) is 0 Å². The third kappa shape index (κ3) is 4.77. The van der Waals surface area contributed by atoms with Crippen LogP contribution in [0.3, 0.4) is 0 Å². The van der Waals surface area contributed by atoms with Crippen LogP contribution in [0.25, 0.3) is 0 Å². The van der Waals surface area contributed by atoms with Gasteiger partial charge in [-0.3, -0.25) is 19.7 Å². The summed E-state index contributed by atoms with van der Waals surface area (Å²) in [7, 11) is 1.55. The maximum Gasteiger partial charge on any atom is 0.269 e. The van der Waals surface area contributed by atoms with Crippen molar-refractivity contribution in [1.29, 1.82) is 0 Å². The Morgan fingerprint density at radius 3 is 2.72 bits per heavy atom. The van der Waals surface area contributed by atoms with Crippen molar-refractivity contribution in [1.82, 2.24) is 10.2 Å². The number of hydrogen-bond acceptors (Lipinski definition) is 5. The van der Waals surface area contributed by atoms with Crippen molar-refractivity contribution in [2.24, 2.45) is 0 Å². The molecule has 0 bridgehead atoms. The largest absolute Gasteiger partial charge is 0.340 e. The average Bonchev–Trinajstić information content (AvgIpc) is 3.10. The number of benzene rings is 1. The van der Waals surface area contributed by atoms with Gasteiger partial charge in [-0.2, -0.15) is 0 Å². The topological polar surface area (TPSA) is 92.6 Å². The molecule has 0 fully saturated rings. The summed E-state index contributed by atoms with van der Waals surface area (Å²) in [5.41, 5.74) is 0.364. The van der Waals surface area contributed by atoms with E-state index in [1.807, 2.05) is 0 Å². The number of halogens is 1. The summed E-state index contributed by atoms with van der Waals surface area (Å²) in [6.45, 7) is 1.68. The number of likely N-dealkylation sites (N-methyl/N-ethyl adjacent to an activating group) is 1. The van der Waals surface area contributed by atoms with E-state index in [1.165, 1.54) is 34.4 Å². The molecule has 25 heavy (non-hydrogen) atoms. The van der Waals surface area contributed by atoms with Crippen LogP contribution < -0.4 is 5.32 Å². The molecule has 1 heterocycles. The number of nitro benzene ring substituents is 1. The summed E-state index contributed by atoms with van der Waals surface area (Å²) < 4.78 is 0. The van der Waals surface area contributed by atoms with Gasteiger partial charge in [0.2, 0.25) is 5.91 Å². The van der Waals surface area contributed by atoms with Crippen LogP contribution in [-0.2, 0) is 11.3 Å². The van der Waals surface area contributed by atoms with Crippen molar-refractivity contribution in [3.05, 3.63) is 61.3 Å². The van der Waals surface area contributed by atoms with E-state index < -0.39 is 11.0 Å². The number of nitrogens with one attached hydrogen (secondary N) is 1. The van der Waals surface area contributed by atoms with Gasteiger partial charge < -0.3 is 10.2 Å². The average molecular weight is 382 g/mol. The molecule has 0 saturated carbocycles. The molecule has 0 saturated heterocycles. The van der Waals surface area contributed by atoms with Crippen molar-refractivity contribution in [3.63, 3.8) is 0 Å². The van der Waals surface area contributed by atoms with Crippen LogP contribution in [0.4, 0.5) is 5.69 Å². The predicted octanol–water partition coefficient (Wildman–Crippen LogP) is 3.09. The number of rotatable bonds is 6. The van der Waals surface area contributed by atoms with Crippen LogP contribution in [0.1, 0.15) is 22.2 Å². The third-order valence-corrected chi connectivity index (χ3v) is 4.72. The number of nitro groups is 1. The number of nitrogens with zero attached hydrogens (tertiary/aromatic N) is 2. The second-order valence-corrected chi connectivity index (χ2v) is 6.75. The van der Waals surface area contributed by atoms with Gasteiger partial charge >= 0.3 is 0 Å². The lowest BCUT2D eigenvalue weighted by atomic mass is 10.1. The number of hydrogen-bond donors (Lipinski definition) is 1. The highest BCUT2D eigenvalue weighted by Gasteiger charge is 2.22. The van der Waals surface area contributed by atoms with E-state index in [0.717, 1.165) is 0 Å². The summed E-state index contributed by atoms with van der Waals surface area (Å²) in [6.07, 6.45) is 0. The van der Waals surface area contributed by atoms with Crippen LogP contribution in [0.15, 0.2) is 35.7 Å². The summed E-state index contributed by atoms with van der Waals surface area (Å²) >= 11 is 7.34. The van der Waals surface area contributed by atoms with Crippen molar-refractivity contribution < 1.29 is 14.5 Å². The van der Waals surface area contributed by atoms with Gasteiger partial charge in [-0.1, -0.05) is 17.7 Å². The Morgan fingerprint density at radius 1 is 1.40 bits per heavy atom. The quantitative estimate of drug-likeness (QED) is 0.614. The van der Waals surface area contributed by atoms with Crippen LogP contribution in [0, 0.1) is 10.1 Å². The Balaban J connectivity index is 2.03. The van der Waals surface area contributed by atoms with E-state index in [1.54, 1.807) is 31.5 Å². The molecule has 1 aromatic heterocycles. The van der Waals surface area contributed by atoms with Crippen LogP contribution in [-0.4, -0.2) is 34.7 Å². The van der Waals surface area contributed by atoms with Gasteiger partial charge in [0.1, 0.15) is 6.04 Å². The molecule has 0 aliphatic rings. The molecule has 0 spiro atoms. The summed E-state index contributed by atoms with van der Waals surface area (Å²) in [6, 6.07) is 6.75. The molecule has 0 aliphatic heterocycles. The zero-order valence-corrected chi connectivity index (χ0v) is 15.1. The molecule has 1 aromatic carbocycles. The molecule has 2 rings (SSSR count). The summed E-state index contributed by atoms with van der Waals surface area (Å²) in [5.74, 6) is -0.648. The van der Waals surface area contributed by atoms with Gasteiger partial charge in [0.05, 0.1) is 9.80 Å². The first-order chi connectivity index (χ1) is 11.8. The lowest BCUT2D eigenvalue weighted by Crippen LogP contribution is -2.45. The first kappa shape index (κ1) is 18.9. The number of thiophene rings is 1. The zero-order chi connectivity index (χ0) is 18.6. The van der Waals surface area contributed by atoms with Gasteiger partial charge in [-0.05, 0) is 30.0 Å². The highest BCUT2D eigenvalue weighted by molar-refractivity contribution is 7.12. The Labute approximate surface area is 153 Å². The molecule has 0 aliphatic carbocycles. The predicted molar refractivity (Wildman–Crippen MR) is 95.8 cm³/mol. The molecule has 2 amide bonds. The van der Waals surface area contributed by atoms with Crippen molar-refractivity contribution in [2.75, 3.05) is 7.05 Å². The fraction of sp³-hybridized carbons (Fsp3) is 0.250. The van der Waals surface area contributed by atoms with E-state index >= 15 is 0 Å². The lowest BCUT2D eigenvalue weighted by Gasteiger charge is -2.22. The molecule has 1 N–H and O–H groups in total. The van der Waals surface area contributed by atoms with E-state index in [2.05, 4.69) is 5.32 Å². The maximum atomic E-state index is 12.4. The second kappa shape index (κ2) is 8.09. The Bertz CT molecular complexity index is 795. The Morgan fingerprint density at radius 2 is 2.12 bits per heavy atom. The smallest absolute Gasteiger partial charge is 0.269 e. The molecule has 0 radical (unpaired) electrons. The molecule has 1 atom stereocenters. The molecule has 132 valence electrons. The van der Waals surface area contributed by atoms with Gasteiger partial charge in [-0.25, -0.2) is 0 Å². The van der Waals surface area contributed by atoms with E-state index in [0.29, 0.717) is 15.5 Å². The van der Waals surface area contributed by atoms with Crippen LogP contribution >= 0.6 is 22.9 Å². The summed E-state index contributed by atoms with van der Waals surface area (Å²) in [5, 5.41) is 15.6. The minimum absolute atomic E-state index is 0.0958. The summed E-state index contributed by atoms with van der Waals surface area (Å²) in [4.78, 5) is 36.7. The molecule has 2 aromatic rings. The highest BCUT2D eigenvalue weighted by Crippen LogP contribution is 2.23. The lowest BCUT2D eigenvalue weighted by molar-refractivity contribution is -0.384. The van der Waals surface area contributed by atoms with E-state index in [9.17, 15) is 19.7 Å². The SMILES string of the molecule is CC(NC(=O)c1cccs1)C(=O)N(C)Cc1cc([N+](=O)[O-])ccc1Cl. The Kier molecular flexibility index (Phi) is 6.11. The van der Waals surface area contributed by atoms with Gasteiger partial charge in [0.25, 0.3) is 11.6 Å². The molecular weight excluding hydrogens is 366 g/mol. The third-order valence-electron chi connectivity index (χ3n) is 3.49. The number of carbonyl (C=O) groups is 2. The zero-order valence-electron chi connectivity index (χ0n) is 13.6. The molecule has 1 unspecified atom stereocenters. The number of amides is 2. The fourth-order valence-electron chi connectivity index (χ4n) is 2.20. The van der Waals surface area contributed by atoms with Crippen molar-refractivity contribution in [3.8, 4) is 0 Å². The molecule has 7 nitrogen and oxygen atoms in total.